The van der Waals surface area contributed by atoms with E-state index in [1.54, 1.807) is 6.07 Å². The van der Waals surface area contributed by atoms with Crippen LogP contribution in [0.5, 0.6) is 5.75 Å². The molecule has 0 aromatic heterocycles. The maximum Gasteiger partial charge on any atom is 0.120 e. The standard InChI is InChI=1S/C18H21NO/c1-14-9-10-18(20)16(12-14)13-19-11-5-8-17(19)15-6-3-2-4-7-15/h2-4,6-7,9-10,12,17,20H,5,8,11,13H2,1H3. The van der Waals surface area contributed by atoms with Crippen molar-refractivity contribution in [1.29, 1.82) is 0 Å². The Balaban J connectivity index is 1.81. The van der Waals surface area contributed by atoms with E-state index < -0.39 is 0 Å². The highest BCUT2D eigenvalue weighted by Crippen LogP contribution is 2.34. The van der Waals surface area contributed by atoms with E-state index in [1.165, 1.54) is 24.0 Å². The molecule has 1 aliphatic rings. The first-order valence-electron chi connectivity index (χ1n) is 7.31. The van der Waals surface area contributed by atoms with E-state index in [0.717, 1.165) is 18.7 Å². The molecule has 2 nitrogen and oxygen atoms in total. The van der Waals surface area contributed by atoms with Gasteiger partial charge in [-0.05, 0) is 37.9 Å². The maximum atomic E-state index is 10.0. The van der Waals surface area contributed by atoms with Gasteiger partial charge in [-0.2, -0.15) is 0 Å². The van der Waals surface area contributed by atoms with E-state index in [4.69, 9.17) is 0 Å². The number of benzene rings is 2. The molecule has 1 fully saturated rings. The van der Waals surface area contributed by atoms with Gasteiger partial charge >= 0.3 is 0 Å². The van der Waals surface area contributed by atoms with Crippen LogP contribution in [-0.4, -0.2) is 16.6 Å². The van der Waals surface area contributed by atoms with Gasteiger partial charge in [0.2, 0.25) is 0 Å². The molecular formula is C18H21NO. The number of aromatic hydroxyl groups is 1. The second kappa shape index (κ2) is 5.68. The van der Waals surface area contributed by atoms with Gasteiger partial charge < -0.3 is 5.11 Å². The summed E-state index contributed by atoms with van der Waals surface area (Å²) < 4.78 is 0. The lowest BCUT2D eigenvalue weighted by atomic mass is 10.0. The molecule has 0 bridgehead atoms. The minimum absolute atomic E-state index is 0.411. The highest BCUT2D eigenvalue weighted by atomic mass is 16.3. The third kappa shape index (κ3) is 2.70. The van der Waals surface area contributed by atoms with Crippen molar-refractivity contribution in [1.82, 2.24) is 4.90 Å². The maximum absolute atomic E-state index is 10.0. The Morgan fingerprint density at radius 2 is 1.95 bits per heavy atom. The van der Waals surface area contributed by atoms with Gasteiger partial charge in [-0.3, -0.25) is 4.90 Å². The summed E-state index contributed by atoms with van der Waals surface area (Å²) in [5.74, 6) is 0.411. The van der Waals surface area contributed by atoms with Gasteiger partial charge in [0, 0.05) is 18.2 Å². The molecule has 3 rings (SSSR count). The van der Waals surface area contributed by atoms with Crippen molar-refractivity contribution in [2.45, 2.75) is 32.4 Å². The molecule has 1 atom stereocenters. The van der Waals surface area contributed by atoms with Crippen LogP contribution in [0.2, 0.25) is 0 Å². The van der Waals surface area contributed by atoms with Crippen molar-refractivity contribution < 1.29 is 5.11 Å². The molecule has 1 aliphatic heterocycles. The van der Waals surface area contributed by atoms with E-state index in [1.807, 2.05) is 6.07 Å². The number of nitrogens with zero attached hydrogens (tertiary/aromatic N) is 1. The van der Waals surface area contributed by atoms with Crippen molar-refractivity contribution >= 4 is 0 Å². The van der Waals surface area contributed by atoms with Crippen LogP contribution >= 0.6 is 0 Å². The molecule has 2 heteroatoms. The van der Waals surface area contributed by atoms with E-state index in [0.29, 0.717) is 11.8 Å². The first-order chi connectivity index (χ1) is 9.74. The molecule has 1 saturated heterocycles. The third-order valence-corrected chi connectivity index (χ3v) is 4.16. The normalized spacial score (nSPS) is 19.4. The SMILES string of the molecule is Cc1ccc(O)c(CN2CCCC2c2ccccc2)c1. The fraction of sp³-hybridized carbons (Fsp3) is 0.333. The van der Waals surface area contributed by atoms with Gasteiger partial charge in [0.15, 0.2) is 0 Å². The molecule has 1 N–H and O–H groups in total. The fourth-order valence-corrected chi connectivity index (χ4v) is 3.13. The van der Waals surface area contributed by atoms with Gasteiger partial charge in [0.05, 0.1) is 0 Å². The van der Waals surface area contributed by atoms with Gasteiger partial charge in [-0.15, -0.1) is 0 Å². The zero-order valence-electron chi connectivity index (χ0n) is 11.9. The second-order valence-corrected chi connectivity index (χ2v) is 5.67. The quantitative estimate of drug-likeness (QED) is 0.907. The zero-order chi connectivity index (χ0) is 13.9. The van der Waals surface area contributed by atoms with Crippen molar-refractivity contribution in [2.24, 2.45) is 0 Å². The van der Waals surface area contributed by atoms with Gasteiger partial charge in [-0.25, -0.2) is 0 Å². The number of rotatable bonds is 3. The van der Waals surface area contributed by atoms with Crippen molar-refractivity contribution in [2.75, 3.05) is 6.54 Å². The summed E-state index contributed by atoms with van der Waals surface area (Å²) >= 11 is 0. The molecule has 0 amide bonds. The molecule has 0 radical (unpaired) electrons. The second-order valence-electron chi connectivity index (χ2n) is 5.67. The van der Waals surface area contributed by atoms with Gasteiger partial charge in [-0.1, -0.05) is 48.0 Å². The predicted octanol–water partition coefficient (Wildman–Crippen LogP) is 4.04. The van der Waals surface area contributed by atoms with Crippen LogP contribution in [0.4, 0.5) is 0 Å². The Labute approximate surface area is 120 Å². The lowest BCUT2D eigenvalue weighted by molar-refractivity contribution is 0.245. The molecule has 104 valence electrons. The van der Waals surface area contributed by atoms with Gasteiger partial charge in [0.1, 0.15) is 5.75 Å². The monoisotopic (exact) mass is 267 g/mol. The van der Waals surface area contributed by atoms with Crippen molar-refractivity contribution in [3.63, 3.8) is 0 Å². The molecule has 1 heterocycles. The predicted molar refractivity (Wildman–Crippen MR) is 81.7 cm³/mol. The summed E-state index contributed by atoms with van der Waals surface area (Å²) in [6.45, 7) is 4.00. The topological polar surface area (TPSA) is 23.5 Å². The van der Waals surface area contributed by atoms with Crippen LogP contribution in [0, 0.1) is 6.92 Å². The van der Waals surface area contributed by atoms with E-state index in [-0.39, 0.29) is 0 Å². The Morgan fingerprint density at radius 3 is 2.75 bits per heavy atom. The minimum atomic E-state index is 0.411. The highest BCUT2D eigenvalue weighted by Gasteiger charge is 2.26. The Morgan fingerprint density at radius 1 is 1.15 bits per heavy atom. The van der Waals surface area contributed by atoms with Crippen LogP contribution in [0.1, 0.15) is 35.6 Å². The summed E-state index contributed by atoms with van der Waals surface area (Å²) in [7, 11) is 0. The summed E-state index contributed by atoms with van der Waals surface area (Å²) in [5, 5.41) is 10.0. The molecule has 0 spiro atoms. The lowest BCUT2D eigenvalue weighted by Gasteiger charge is -2.25. The number of hydrogen-bond acceptors (Lipinski definition) is 2. The Bertz CT molecular complexity index is 579. The lowest BCUT2D eigenvalue weighted by Crippen LogP contribution is -2.22. The van der Waals surface area contributed by atoms with Crippen molar-refractivity contribution in [3.8, 4) is 5.75 Å². The van der Waals surface area contributed by atoms with Crippen LogP contribution in [0.25, 0.3) is 0 Å². The first kappa shape index (κ1) is 13.2. The number of phenols is 1. The summed E-state index contributed by atoms with van der Waals surface area (Å²) in [4.78, 5) is 2.48. The highest BCUT2D eigenvalue weighted by molar-refractivity contribution is 5.36. The van der Waals surface area contributed by atoms with E-state index in [9.17, 15) is 5.11 Å². The van der Waals surface area contributed by atoms with Crippen LogP contribution in [0.3, 0.4) is 0 Å². The average molecular weight is 267 g/mol. The fourth-order valence-electron chi connectivity index (χ4n) is 3.13. The number of phenolic OH excluding ortho intramolecular Hbond substituents is 1. The molecular weight excluding hydrogens is 246 g/mol. The first-order valence-corrected chi connectivity index (χ1v) is 7.31. The molecule has 20 heavy (non-hydrogen) atoms. The van der Waals surface area contributed by atoms with Crippen LogP contribution in [0.15, 0.2) is 48.5 Å². The molecule has 2 aromatic carbocycles. The van der Waals surface area contributed by atoms with Crippen LogP contribution < -0.4 is 0 Å². The minimum Gasteiger partial charge on any atom is -0.508 e. The molecule has 1 unspecified atom stereocenters. The largest absolute Gasteiger partial charge is 0.508 e. The molecule has 0 aliphatic carbocycles. The number of likely N-dealkylation sites (tertiary alicyclic amines) is 1. The van der Waals surface area contributed by atoms with Gasteiger partial charge in [0.25, 0.3) is 0 Å². The van der Waals surface area contributed by atoms with Crippen molar-refractivity contribution in [3.05, 3.63) is 65.2 Å². The Hall–Kier alpha value is -1.80. The molecule has 0 saturated carbocycles. The number of aryl methyl sites for hydroxylation is 1. The van der Waals surface area contributed by atoms with E-state index >= 15 is 0 Å². The summed E-state index contributed by atoms with van der Waals surface area (Å²) in [5.41, 5.74) is 3.62. The average Bonchev–Trinajstić information content (AvgIpc) is 2.92. The smallest absolute Gasteiger partial charge is 0.120 e. The zero-order valence-corrected chi connectivity index (χ0v) is 11.9. The summed E-state index contributed by atoms with van der Waals surface area (Å²) in [6.07, 6.45) is 2.43. The van der Waals surface area contributed by atoms with E-state index in [2.05, 4.69) is 48.2 Å². The Kier molecular flexibility index (Phi) is 3.75. The van der Waals surface area contributed by atoms with Crippen LogP contribution in [-0.2, 0) is 6.54 Å². The summed E-state index contributed by atoms with van der Waals surface area (Å²) in [6, 6.07) is 17.0. The molecule has 2 aromatic rings. The third-order valence-electron chi connectivity index (χ3n) is 4.16. The number of hydrogen-bond donors (Lipinski definition) is 1.